The van der Waals surface area contributed by atoms with Gasteiger partial charge in [0.1, 0.15) is 0 Å². The topological polar surface area (TPSA) is 71.1 Å². The predicted octanol–water partition coefficient (Wildman–Crippen LogP) is 3.41. The van der Waals surface area contributed by atoms with Crippen molar-refractivity contribution in [1.29, 1.82) is 0 Å². The van der Waals surface area contributed by atoms with Gasteiger partial charge >= 0.3 is 0 Å². The molecule has 2 amide bonds. The van der Waals surface area contributed by atoms with Crippen LogP contribution in [0, 0.1) is 0 Å². The molecule has 0 radical (unpaired) electrons. The van der Waals surface area contributed by atoms with Crippen LogP contribution < -0.4 is 10.6 Å². The summed E-state index contributed by atoms with van der Waals surface area (Å²) in [6.45, 7) is 0. The van der Waals surface area contributed by atoms with E-state index in [1.165, 1.54) is 18.9 Å². The number of nitrogens with one attached hydrogen (secondary N) is 2. The zero-order valence-corrected chi connectivity index (χ0v) is 13.9. The molecule has 1 aliphatic rings. The minimum atomic E-state index is -0.230. The number of amides is 2. The minimum absolute atomic E-state index is 0.0544. The van der Waals surface area contributed by atoms with Gasteiger partial charge in [0, 0.05) is 35.8 Å². The van der Waals surface area contributed by atoms with Gasteiger partial charge in [0.05, 0.1) is 0 Å². The average molecular weight is 335 g/mol. The Kier molecular flexibility index (Phi) is 5.57. The highest BCUT2D eigenvalue weighted by molar-refractivity contribution is 6.02. The quantitative estimate of drug-likeness (QED) is 0.823. The summed E-state index contributed by atoms with van der Waals surface area (Å²) >= 11 is 0. The predicted molar refractivity (Wildman–Crippen MR) is 98.1 cm³/mol. The molecule has 0 bridgehead atoms. The van der Waals surface area contributed by atoms with Gasteiger partial charge in [0.25, 0.3) is 5.91 Å². The number of hydrogen-bond donors (Lipinski definition) is 2. The van der Waals surface area contributed by atoms with Crippen LogP contribution in [0.15, 0.2) is 54.9 Å². The molecule has 1 fully saturated rings. The second kappa shape index (κ2) is 8.24. The van der Waals surface area contributed by atoms with Crippen molar-refractivity contribution < 1.29 is 9.59 Å². The number of rotatable bonds is 5. The monoisotopic (exact) mass is 335 g/mol. The Morgan fingerprint density at radius 3 is 2.52 bits per heavy atom. The fourth-order valence-corrected chi connectivity index (χ4v) is 2.87. The van der Waals surface area contributed by atoms with Crippen LogP contribution in [0.2, 0.25) is 0 Å². The van der Waals surface area contributed by atoms with Gasteiger partial charge < -0.3 is 10.6 Å². The summed E-state index contributed by atoms with van der Waals surface area (Å²) < 4.78 is 0. The second-order valence-corrected chi connectivity index (χ2v) is 6.14. The smallest absolute Gasteiger partial charge is 0.251 e. The van der Waals surface area contributed by atoms with Gasteiger partial charge in [-0.2, -0.15) is 0 Å². The van der Waals surface area contributed by atoms with Crippen LogP contribution in [-0.4, -0.2) is 22.8 Å². The Hall–Kier alpha value is -2.95. The third-order valence-electron chi connectivity index (χ3n) is 4.22. The lowest BCUT2D eigenvalue weighted by molar-refractivity contribution is -0.111. The molecule has 1 saturated carbocycles. The molecule has 1 aromatic heterocycles. The fourth-order valence-electron chi connectivity index (χ4n) is 2.87. The molecule has 0 unspecified atom stereocenters. The molecular formula is C20H21N3O2. The molecule has 1 heterocycles. The maximum absolute atomic E-state index is 12.2. The summed E-state index contributed by atoms with van der Waals surface area (Å²) in [4.78, 5) is 28.1. The Balaban J connectivity index is 1.54. The Bertz CT molecular complexity index is 748. The van der Waals surface area contributed by atoms with Crippen molar-refractivity contribution >= 4 is 23.6 Å². The number of hydrogen-bond acceptors (Lipinski definition) is 3. The van der Waals surface area contributed by atoms with Crippen LogP contribution in [0.5, 0.6) is 0 Å². The molecule has 0 spiro atoms. The third kappa shape index (κ3) is 5.01. The first-order valence-corrected chi connectivity index (χ1v) is 8.51. The lowest BCUT2D eigenvalue weighted by Crippen LogP contribution is -2.32. The van der Waals surface area contributed by atoms with Crippen LogP contribution in [0.25, 0.3) is 6.08 Å². The molecular weight excluding hydrogens is 314 g/mol. The van der Waals surface area contributed by atoms with Crippen molar-refractivity contribution in [3.05, 3.63) is 66.0 Å². The minimum Gasteiger partial charge on any atom is -0.349 e. The fraction of sp³-hybridized carbons (Fsp3) is 0.250. The number of nitrogens with zero attached hydrogens (tertiary/aromatic N) is 1. The van der Waals surface area contributed by atoms with Crippen LogP contribution in [-0.2, 0) is 4.79 Å². The first-order valence-electron chi connectivity index (χ1n) is 8.51. The summed E-state index contributed by atoms with van der Waals surface area (Å²) in [7, 11) is 0. The van der Waals surface area contributed by atoms with Gasteiger partial charge in [-0.3, -0.25) is 14.6 Å². The maximum atomic E-state index is 12.2. The highest BCUT2D eigenvalue weighted by Gasteiger charge is 2.17. The normalized spacial score (nSPS) is 14.6. The number of anilines is 1. The second-order valence-electron chi connectivity index (χ2n) is 6.14. The van der Waals surface area contributed by atoms with Gasteiger partial charge in [-0.25, -0.2) is 0 Å². The molecule has 128 valence electrons. The number of aromatic nitrogens is 1. The molecule has 5 heteroatoms. The lowest BCUT2D eigenvalue weighted by atomic mass is 10.1. The molecule has 1 aliphatic carbocycles. The van der Waals surface area contributed by atoms with Gasteiger partial charge in [0.2, 0.25) is 5.91 Å². The van der Waals surface area contributed by atoms with Crippen molar-refractivity contribution in [2.45, 2.75) is 31.7 Å². The summed E-state index contributed by atoms with van der Waals surface area (Å²) in [6, 6.07) is 10.9. The first kappa shape index (κ1) is 16.9. The molecule has 1 aromatic carbocycles. The van der Waals surface area contributed by atoms with Crippen LogP contribution in [0.1, 0.15) is 41.6 Å². The third-order valence-corrected chi connectivity index (χ3v) is 4.22. The van der Waals surface area contributed by atoms with E-state index in [1.807, 2.05) is 12.1 Å². The van der Waals surface area contributed by atoms with Crippen LogP contribution in [0.4, 0.5) is 5.69 Å². The molecule has 5 nitrogen and oxygen atoms in total. The van der Waals surface area contributed by atoms with E-state index in [4.69, 9.17) is 0 Å². The number of pyridine rings is 1. The zero-order chi connectivity index (χ0) is 17.5. The van der Waals surface area contributed by atoms with Crippen molar-refractivity contribution in [1.82, 2.24) is 10.3 Å². The van der Waals surface area contributed by atoms with Crippen LogP contribution >= 0.6 is 0 Å². The molecule has 0 aliphatic heterocycles. The van der Waals surface area contributed by atoms with E-state index in [1.54, 1.807) is 42.7 Å². The lowest BCUT2D eigenvalue weighted by Gasteiger charge is -2.12. The van der Waals surface area contributed by atoms with E-state index in [0.717, 1.165) is 18.4 Å². The summed E-state index contributed by atoms with van der Waals surface area (Å²) in [6.07, 6.45) is 11.0. The summed E-state index contributed by atoms with van der Waals surface area (Å²) in [5.41, 5.74) is 2.12. The Labute approximate surface area is 147 Å². The number of benzene rings is 1. The van der Waals surface area contributed by atoms with Gasteiger partial charge in [0.15, 0.2) is 0 Å². The molecule has 25 heavy (non-hydrogen) atoms. The van der Waals surface area contributed by atoms with E-state index in [0.29, 0.717) is 17.3 Å². The van der Waals surface area contributed by atoms with Gasteiger partial charge in [-0.05, 0) is 54.8 Å². The molecule has 0 atom stereocenters. The van der Waals surface area contributed by atoms with E-state index in [2.05, 4.69) is 15.6 Å². The number of carbonyl (C=O) groups is 2. The largest absolute Gasteiger partial charge is 0.349 e. The Morgan fingerprint density at radius 2 is 1.84 bits per heavy atom. The van der Waals surface area contributed by atoms with Gasteiger partial charge in [-0.15, -0.1) is 0 Å². The van der Waals surface area contributed by atoms with E-state index < -0.39 is 0 Å². The van der Waals surface area contributed by atoms with Crippen molar-refractivity contribution in [2.75, 3.05) is 5.32 Å². The average Bonchev–Trinajstić information content (AvgIpc) is 3.14. The first-order chi connectivity index (χ1) is 12.2. The Morgan fingerprint density at radius 1 is 1.08 bits per heavy atom. The molecule has 2 N–H and O–H groups in total. The van der Waals surface area contributed by atoms with E-state index in [-0.39, 0.29) is 11.8 Å². The number of carbonyl (C=O) groups excluding carboxylic acids is 2. The molecule has 0 saturated heterocycles. The van der Waals surface area contributed by atoms with E-state index >= 15 is 0 Å². The van der Waals surface area contributed by atoms with Crippen molar-refractivity contribution in [2.24, 2.45) is 0 Å². The van der Waals surface area contributed by atoms with Crippen LogP contribution in [0.3, 0.4) is 0 Å². The zero-order valence-electron chi connectivity index (χ0n) is 13.9. The highest BCUT2D eigenvalue weighted by Crippen LogP contribution is 2.18. The van der Waals surface area contributed by atoms with Crippen molar-refractivity contribution in [3.8, 4) is 0 Å². The summed E-state index contributed by atoms with van der Waals surface area (Å²) in [5, 5.41) is 5.82. The summed E-state index contributed by atoms with van der Waals surface area (Å²) in [5.74, 6) is -0.284. The SMILES string of the molecule is O=C(/C=C/c1cccnc1)Nc1ccc(C(=O)NC2CCCC2)cc1. The molecule has 2 aromatic rings. The maximum Gasteiger partial charge on any atom is 0.251 e. The van der Waals surface area contributed by atoms with Crippen molar-refractivity contribution in [3.63, 3.8) is 0 Å². The van der Waals surface area contributed by atoms with E-state index in [9.17, 15) is 9.59 Å². The molecule has 3 rings (SSSR count). The standard InChI is InChI=1S/C20H21N3O2/c24-19(12-7-15-4-3-13-21-14-15)22-18-10-8-16(9-11-18)20(25)23-17-5-1-2-6-17/h3-4,7-14,17H,1-2,5-6H2,(H,22,24)(H,23,25)/b12-7+. The van der Waals surface area contributed by atoms with Gasteiger partial charge in [-0.1, -0.05) is 18.9 Å². The highest BCUT2D eigenvalue weighted by atomic mass is 16.2.